The Morgan fingerprint density at radius 2 is 1.84 bits per heavy atom. The normalized spacial score (nSPS) is 25.1. The first-order valence-corrected chi connectivity index (χ1v) is 18.6. The van der Waals surface area contributed by atoms with Gasteiger partial charge in [0, 0.05) is 29.2 Å². The maximum atomic E-state index is 14.4. The van der Waals surface area contributed by atoms with Crippen molar-refractivity contribution in [3.05, 3.63) is 64.4 Å². The zero-order valence-corrected chi connectivity index (χ0v) is 29.2. The molecule has 0 radical (unpaired) electrons. The highest BCUT2D eigenvalue weighted by molar-refractivity contribution is 7.91. The van der Waals surface area contributed by atoms with Gasteiger partial charge in [0.1, 0.15) is 29.5 Å². The van der Waals surface area contributed by atoms with E-state index in [1.165, 1.54) is 15.9 Å². The van der Waals surface area contributed by atoms with E-state index in [1.807, 2.05) is 20.8 Å². The molecule has 2 unspecified atom stereocenters. The van der Waals surface area contributed by atoms with Gasteiger partial charge in [-0.05, 0) is 60.9 Å². The van der Waals surface area contributed by atoms with Crippen LogP contribution in [0.15, 0.2) is 42.5 Å². The fraction of sp³-hybridized carbons (Fsp3) is 0.529. The van der Waals surface area contributed by atoms with Crippen LogP contribution in [0.25, 0.3) is 0 Å². The highest BCUT2D eigenvalue weighted by atomic mass is 35.5. The van der Waals surface area contributed by atoms with Gasteiger partial charge in [0.25, 0.3) is 5.91 Å². The van der Waals surface area contributed by atoms with Crippen molar-refractivity contribution >= 4 is 51.1 Å². The predicted molar refractivity (Wildman–Crippen MR) is 179 cm³/mol. The number of carbonyl (C=O) groups is 4. The van der Waals surface area contributed by atoms with E-state index in [2.05, 4.69) is 15.4 Å². The number of likely N-dealkylation sites (tertiary alicyclic amines) is 1. The first kappa shape index (κ1) is 34.9. The number of halogens is 2. The van der Waals surface area contributed by atoms with Crippen molar-refractivity contribution in [3.63, 3.8) is 0 Å². The van der Waals surface area contributed by atoms with E-state index < -0.39 is 68.6 Å². The van der Waals surface area contributed by atoms with Crippen LogP contribution in [-0.2, 0) is 42.2 Å². The topological polar surface area (TPSA) is 154 Å². The van der Waals surface area contributed by atoms with E-state index in [0.717, 1.165) is 0 Å². The molecule has 0 aromatic heterocycles. The summed E-state index contributed by atoms with van der Waals surface area (Å²) < 4.78 is 47.6. The van der Waals surface area contributed by atoms with Gasteiger partial charge in [-0.15, -0.1) is 0 Å². The molecule has 6 rings (SSSR count). The number of benzene rings is 2. The minimum Gasteiger partial charge on any atom is -0.444 e. The Balaban J connectivity index is 1.22. The SMILES string of the molecule is CCC1CC1(NC(=O)[C@@H]1C[C@@H](OC(=O)N2Cc3cccc(F)c3C2)CN1C(=O)[C@@H](Nc1cccc(Cl)c1)C(C)C)C(=O)NS(=O)(=O)C1CC1. The van der Waals surface area contributed by atoms with Gasteiger partial charge in [0.15, 0.2) is 0 Å². The minimum absolute atomic E-state index is 0.0267. The van der Waals surface area contributed by atoms with Crippen molar-refractivity contribution in [1.29, 1.82) is 0 Å². The van der Waals surface area contributed by atoms with Crippen LogP contribution in [0.3, 0.4) is 0 Å². The second-order valence-electron chi connectivity index (χ2n) is 13.8. The quantitative estimate of drug-likeness (QED) is 0.316. The number of carbonyl (C=O) groups excluding carboxylic acids is 4. The molecule has 2 aromatic rings. The van der Waals surface area contributed by atoms with Crippen molar-refractivity contribution in [2.45, 2.75) is 94.9 Å². The average Bonchev–Trinajstić information content (AvgIpc) is 3.94. The Bertz CT molecular complexity index is 1770. The van der Waals surface area contributed by atoms with E-state index in [4.69, 9.17) is 16.3 Å². The van der Waals surface area contributed by atoms with Crippen LogP contribution < -0.4 is 15.4 Å². The van der Waals surface area contributed by atoms with Crippen molar-refractivity contribution < 1.29 is 36.7 Å². The molecule has 264 valence electrons. The number of hydrogen-bond acceptors (Lipinski definition) is 8. The van der Waals surface area contributed by atoms with Crippen LogP contribution in [0.5, 0.6) is 0 Å². The molecule has 4 amide bonds. The molecule has 2 aliphatic heterocycles. The van der Waals surface area contributed by atoms with Gasteiger partial charge in [-0.3, -0.25) is 24.0 Å². The summed E-state index contributed by atoms with van der Waals surface area (Å²) in [7, 11) is -3.87. The maximum Gasteiger partial charge on any atom is 0.410 e. The van der Waals surface area contributed by atoms with Crippen LogP contribution in [0, 0.1) is 17.7 Å². The molecular formula is C34H41ClFN5O7S. The van der Waals surface area contributed by atoms with Gasteiger partial charge in [0.05, 0.1) is 18.3 Å². The van der Waals surface area contributed by atoms with E-state index in [1.54, 1.807) is 36.4 Å². The summed E-state index contributed by atoms with van der Waals surface area (Å²) in [6, 6.07) is 9.59. The molecule has 4 aliphatic rings. The highest BCUT2D eigenvalue weighted by Gasteiger charge is 2.62. The predicted octanol–water partition coefficient (Wildman–Crippen LogP) is 3.93. The number of ether oxygens (including phenoxy) is 1. The van der Waals surface area contributed by atoms with Gasteiger partial charge in [-0.2, -0.15) is 0 Å². The van der Waals surface area contributed by atoms with Gasteiger partial charge in [-0.1, -0.05) is 57.0 Å². The molecule has 1 saturated heterocycles. The van der Waals surface area contributed by atoms with Crippen LogP contribution in [0.4, 0.5) is 14.9 Å². The molecule has 2 aliphatic carbocycles. The molecule has 3 fully saturated rings. The molecule has 15 heteroatoms. The monoisotopic (exact) mass is 717 g/mol. The molecule has 3 N–H and O–H groups in total. The van der Waals surface area contributed by atoms with Gasteiger partial charge in [-0.25, -0.2) is 17.6 Å². The van der Waals surface area contributed by atoms with E-state index in [9.17, 15) is 32.0 Å². The Labute approximate surface area is 290 Å². The molecule has 12 nitrogen and oxygen atoms in total. The Kier molecular flexibility index (Phi) is 9.57. The summed E-state index contributed by atoms with van der Waals surface area (Å²) >= 11 is 6.18. The lowest BCUT2D eigenvalue weighted by Gasteiger charge is -2.31. The van der Waals surface area contributed by atoms with Crippen LogP contribution in [0.2, 0.25) is 5.02 Å². The molecular weight excluding hydrogens is 677 g/mol. The number of rotatable bonds is 11. The summed E-state index contributed by atoms with van der Waals surface area (Å²) in [5.74, 6) is -2.82. The lowest BCUT2D eigenvalue weighted by atomic mass is 10.0. The Morgan fingerprint density at radius 3 is 2.47 bits per heavy atom. The zero-order valence-electron chi connectivity index (χ0n) is 27.6. The third kappa shape index (κ3) is 7.21. The van der Waals surface area contributed by atoms with E-state index >= 15 is 0 Å². The Hall–Kier alpha value is -3.91. The standard InChI is InChI=1S/C34H41ClFN5O7S/c1-4-21-15-34(21,32(44)39-49(46,47)25-11-12-25)38-30(42)28-14-24(48-33(45)40-16-20-7-5-10-27(36)26(20)18-40)17-41(28)31(43)29(19(2)3)37-23-9-6-8-22(35)13-23/h5-10,13,19,21,24-25,28-29,37H,4,11-12,14-18H2,1-3H3,(H,38,42)(H,39,44)/t21?,24-,28+,29+,34?/m1/s1. The first-order chi connectivity index (χ1) is 23.2. The Morgan fingerprint density at radius 1 is 1.10 bits per heavy atom. The molecule has 0 spiro atoms. The molecule has 2 heterocycles. The molecule has 5 atom stereocenters. The van der Waals surface area contributed by atoms with Gasteiger partial charge < -0.3 is 20.3 Å². The first-order valence-electron chi connectivity index (χ1n) is 16.6. The van der Waals surface area contributed by atoms with Crippen molar-refractivity contribution in [3.8, 4) is 0 Å². The highest BCUT2D eigenvalue weighted by Crippen LogP contribution is 2.47. The number of fused-ring (bicyclic) bond motifs is 1. The third-order valence-electron chi connectivity index (χ3n) is 9.93. The second-order valence-corrected chi connectivity index (χ2v) is 16.2. The molecule has 49 heavy (non-hydrogen) atoms. The van der Waals surface area contributed by atoms with Crippen molar-refractivity contribution in [1.82, 2.24) is 19.8 Å². The summed E-state index contributed by atoms with van der Waals surface area (Å²) in [6.07, 6.45) is 0.0468. The zero-order chi connectivity index (χ0) is 35.2. The summed E-state index contributed by atoms with van der Waals surface area (Å²) in [6.45, 7) is 5.62. The fourth-order valence-electron chi connectivity index (χ4n) is 6.85. The van der Waals surface area contributed by atoms with Crippen LogP contribution in [-0.4, -0.2) is 77.6 Å². The number of anilines is 1. The molecule has 2 aromatic carbocycles. The summed E-state index contributed by atoms with van der Waals surface area (Å²) in [5.41, 5.74) is 0.236. The smallest absolute Gasteiger partial charge is 0.410 e. The minimum atomic E-state index is -3.87. The largest absolute Gasteiger partial charge is 0.444 e. The van der Waals surface area contributed by atoms with Gasteiger partial charge in [0.2, 0.25) is 21.8 Å². The van der Waals surface area contributed by atoms with Crippen LogP contribution in [0.1, 0.15) is 64.0 Å². The van der Waals surface area contributed by atoms with Crippen molar-refractivity contribution in [2.75, 3.05) is 11.9 Å². The summed E-state index contributed by atoms with van der Waals surface area (Å²) in [5, 5.41) is 5.87. The average molecular weight is 718 g/mol. The lowest BCUT2D eigenvalue weighted by Crippen LogP contribution is -2.58. The fourth-order valence-corrected chi connectivity index (χ4v) is 8.40. The third-order valence-corrected chi connectivity index (χ3v) is 12.0. The van der Waals surface area contributed by atoms with E-state index in [-0.39, 0.29) is 44.3 Å². The lowest BCUT2D eigenvalue weighted by molar-refractivity contribution is -0.140. The number of sulfonamides is 1. The molecule has 2 saturated carbocycles. The number of hydrogen-bond donors (Lipinski definition) is 3. The number of nitrogens with one attached hydrogen (secondary N) is 3. The van der Waals surface area contributed by atoms with E-state index in [0.29, 0.717) is 41.1 Å². The number of nitrogens with zero attached hydrogens (tertiary/aromatic N) is 2. The van der Waals surface area contributed by atoms with Crippen LogP contribution >= 0.6 is 11.6 Å². The van der Waals surface area contributed by atoms with Gasteiger partial charge >= 0.3 is 6.09 Å². The van der Waals surface area contributed by atoms with Crippen molar-refractivity contribution in [2.24, 2.45) is 11.8 Å². The number of amides is 4. The molecule has 0 bridgehead atoms. The second kappa shape index (κ2) is 13.4. The summed E-state index contributed by atoms with van der Waals surface area (Å²) in [4.78, 5) is 57.8. The maximum absolute atomic E-state index is 14.4.